The zero-order valence-electron chi connectivity index (χ0n) is 9.31. The maximum Gasteiger partial charge on any atom is 0.387 e. The molecular weight excluding hydrogens is 288 g/mol. The predicted molar refractivity (Wildman–Crippen MR) is 60.6 cm³/mol. The Labute approximate surface area is 110 Å². The molecule has 0 fully saturated rings. The third-order valence-corrected chi connectivity index (χ3v) is 2.47. The van der Waals surface area contributed by atoms with E-state index >= 15 is 0 Å². The van der Waals surface area contributed by atoms with Gasteiger partial charge in [-0.3, -0.25) is 14.9 Å². The molecule has 0 aromatic heterocycles. The van der Waals surface area contributed by atoms with Crippen molar-refractivity contribution >= 4 is 23.3 Å². The van der Waals surface area contributed by atoms with Crippen molar-refractivity contribution in [2.24, 2.45) is 0 Å². The van der Waals surface area contributed by atoms with Crippen LogP contribution >= 0.6 is 11.6 Å². The molecule has 1 aromatic rings. The van der Waals surface area contributed by atoms with Gasteiger partial charge in [-0.1, -0.05) is 0 Å². The Balaban J connectivity index is 3.32. The Morgan fingerprint density at radius 2 is 2.11 bits per heavy atom. The van der Waals surface area contributed by atoms with E-state index < -0.39 is 35.4 Å². The number of nitrogens with zero attached hydrogens (tertiary/aromatic N) is 1. The molecule has 0 aliphatic carbocycles. The summed E-state index contributed by atoms with van der Waals surface area (Å²) >= 11 is 5.55. The topological polar surface area (TPSA) is 89.7 Å². The van der Waals surface area contributed by atoms with Crippen LogP contribution in [0.25, 0.3) is 0 Å². The summed E-state index contributed by atoms with van der Waals surface area (Å²) in [5, 5.41) is 19.4. The number of rotatable bonds is 6. The van der Waals surface area contributed by atoms with Crippen molar-refractivity contribution < 1.29 is 28.3 Å². The van der Waals surface area contributed by atoms with Gasteiger partial charge >= 0.3 is 18.3 Å². The van der Waals surface area contributed by atoms with Crippen LogP contribution in [0.5, 0.6) is 5.75 Å². The molecule has 0 spiro atoms. The first-order valence-electron chi connectivity index (χ1n) is 4.88. The number of carbonyl (C=O) groups is 1. The van der Waals surface area contributed by atoms with Crippen LogP contribution in [0.4, 0.5) is 14.5 Å². The highest BCUT2D eigenvalue weighted by Crippen LogP contribution is 2.32. The normalized spacial score (nSPS) is 10.5. The van der Waals surface area contributed by atoms with Crippen molar-refractivity contribution in [3.63, 3.8) is 0 Å². The lowest BCUT2D eigenvalue weighted by molar-refractivity contribution is -0.386. The summed E-state index contributed by atoms with van der Waals surface area (Å²) in [7, 11) is 0. The minimum Gasteiger partial charge on any atom is -0.481 e. The van der Waals surface area contributed by atoms with Gasteiger partial charge in [0.1, 0.15) is 0 Å². The van der Waals surface area contributed by atoms with Crippen LogP contribution in [0.2, 0.25) is 0 Å². The van der Waals surface area contributed by atoms with Crippen LogP contribution < -0.4 is 4.74 Å². The molecule has 0 unspecified atom stereocenters. The number of nitro benzene ring substituents is 1. The Hall–Kier alpha value is -1.96. The molecule has 0 aliphatic heterocycles. The van der Waals surface area contributed by atoms with E-state index in [1.807, 2.05) is 0 Å². The summed E-state index contributed by atoms with van der Waals surface area (Å²) in [5.74, 6) is -2.05. The van der Waals surface area contributed by atoms with E-state index in [0.717, 1.165) is 12.1 Å². The molecule has 1 N–H and O–H groups in total. The van der Waals surface area contributed by atoms with Gasteiger partial charge in [-0.15, -0.1) is 11.6 Å². The molecule has 0 amide bonds. The van der Waals surface area contributed by atoms with Crippen molar-refractivity contribution in [1.29, 1.82) is 0 Å². The first-order valence-corrected chi connectivity index (χ1v) is 5.41. The minimum atomic E-state index is -3.23. The molecule has 0 bridgehead atoms. The molecule has 0 saturated carbocycles. The molecule has 0 heterocycles. The lowest BCUT2D eigenvalue weighted by Gasteiger charge is -2.10. The second kappa shape index (κ2) is 6.28. The van der Waals surface area contributed by atoms with E-state index in [1.165, 1.54) is 0 Å². The fourth-order valence-electron chi connectivity index (χ4n) is 1.44. The fourth-order valence-corrected chi connectivity index (χ4v) is 1.69. The molecule has 0 aliphatic rings. The molecule has 1 rings (SSSR count). The first kappa shape index (κ1) is 15.1. The van der Waals surface area contributed by atoms with Gasteiger partial charge in [-0.25, -0.2) is 0 Å². The highest BCUT2D eigenvalue weighted by Gasteiger charge is 2.22. The molecule has 0 atom stereocenters. The van der Waals surface area contributed by atoms with E-state index in [2.05, 4.69) is 4.74 Å². The number of hydrogen-bond acceptors (Lipinski definition) is 4. The van der Waals surface area contributed by atoms with Crippen molar-refractivity contribution in [2.75, 3.05) is 0 Å². The molecule has 0 radical (unpaired) electrons. The summed E-state index contributed by atoms with van der Waals surface area (Å²) in [6.45, 7) is -3.23. The number of carboxylic acids is 1. The second-order valence-corrected chi connectivity index (χ2v) is 3.70. The number of hydrogen-bond donors (Lipinski definition) is 1. The molecule has 9 heteroatoms. The standard InChI is InChI=1S/C10H8ClF2NO5/c11-4-6-2-8(19-10(12)13)7(14(17)18)1-5(6)3-9(15)16/h1-2,10H,3-4H2,(H,15,16). The zero-order chi connectivity index (χ0) is 14.6. The molecule has 6 nitrogen and oxygen atoms in total. The van der Waals surface area contributed by atoms with Crippen molar-refractivity contribution in [1.82, 2.24) is 0 Å². The van der Waals surface area contributed by atoms with Gasteiger partial charge in [0.2, 0.25) is 5.75 Å². The van der Waals surface area contributed by atoms with E-state index in [9.17, 15) is 23.7 Å². The zero-order valence-corrected chi connectivity index (χ0v) is 10.1. The summed E-state index contributed by atoms with van der Waals surface area (Å²) in [5.41, 5.74) is -0.466. The molecule has 104 valence electrons. The Morgan fingerprint density at radius 3 is 2.53 bits per heavy atom. The van der Waals surface area contributed by atoms with Gasteiger partial charge in [0.15, 0.2) is 0 Å². The number of benzene rings is 1. The van der Waals surface area contributed by atoms with Gasteiger partial charge in [0.25, 0.3) is 0 Å². The molecular formula is C10H8ClF2NO5. The van der Waals surface area contributed by atoms with Crippen LogP contribution in [-0.2, 0) is 17.1 Å². The number of alkyl halides is 3. The van der Waals surface area contributed by atoms with Gasteiger partial charge in [0.05, 0.1) is 11.3 Å². The number of aliphatic carboxylic acids is 1. The average molecular weight is 296 g/mol. The maximum atomic E-state index is 12.1. The van der Waals surface area contributed by atoms with Gasteiger partial charge in [-0.05, 0) is 17.2 Å². The Morgan fingerprint density at radius 1 is 1.47 bits per heavy atom. The van der Waals surface area contributed by atoms with Crippen LogP contribution in [0.15, 0.2) is 12.1 Å². The van der Waals surface area contributed by atoms with Crippen molar-refractivity contribution in [2.45, 2.75) is 18.9 Å². The van der Waals surface area contributed by atoms with Crippen LogP contribution in [0.1, 0.15) is 11.1 Å². The third-order valence-electron chi connectivity index (χ3n) is 2.18. The van der Waals surface area contributed by atoms with Crippen molar-refractivity contribution in [3.05, 3.63) is 33.4 Å². The van der Waals surface area contributed by atoms with Crippen molar-refractivity contribution in [3.8, 4) is 5.75 Å². The smallest absolute Gasteiger partial charge is 0.387 e. The number of halogens is 3. The third kappa shape index (κ3) is 4.02. The maximum absolute atomic E-state index is 12.1. The van der Waals surface area contributed by atoms with E-state index in [0.29, 0.717) is 0 Å². The summed E-state index contributed by atoms with van der Waals surface area (Å²) in [6.07, 6.45) is -0.502. The molecule has 0 saturated heterocycles. The Bertz CT molecular complexity index is 509. The predicted octanol–water partition coefficient (Wildman–Crippen LogP) is 2.56. The lowest BCUT2D eigenvalue weighted by atomic mass is 10.0. The van der Waals surface area contributed by atoms with Gasteiger partial charge < -0.3 is 9.84 Å². The Kier molecular flexibility index (Phi) is 4.99. The molecule has 1 aromatic carbocycles. The van der Waals surface area contributed by atoms with Gasteiger partial charge in [0, 0.05) is 11.9 Å². The second-order valence-electron chi connectivity index (χ2n) is 3.43. The highest BCUT2D eigenvalue weighted by molar-refractivity contribution is 6.17. The summed E-state index contributed by atoms with van der Waals surface area (Å²) < 4.78 is 28.3. The average Bonchev–Trinajstić information content (AvgIpc) is 2.28. The van der Waals surface area contributed by atoms with Crippen LogP contribution in [0.3, 0.4) is 0 Å². The van der Waals surface area contributed by atoms with E-state index in [1.54, 1.807) is 0 Å². The first-order chi connectivity index (χ1) is 8.85. The van der Waals surface area contributed by atoms with Gasteiger partial charge in [-0.2, -0.15) is 8.78 Å². The SMILES string of the molecule is O=C(O)Cc1cc([N+](=O)[O-])c(OC(F)F)cc1CCl. The van der Waals surface area contributed by atoms with Crippen LogP contribution in [-0.4, -0.2) is 22.6 Å². The summed E-state index contributed by atoms with van der Waals surface area (Å²) in [6, 6.07) is 1.83. The largest absolute Gasteiger partial charge is 0.481 e. The lowest BCUT2D eigenvalue weighted by Crippen LogP contribution is -2.08. The fraction of sp³-hybridized carbons (Fsp3) is 0.300. The quantitative estimate of drug-likeness (QED) is 0.495. The number of nitro groups is 1. The number of ether oxygens (including phenoxy) is 1. The monoisotopic (exact) mass is 295 g/mol. The van der Waals surface area contributed by atoms with Crippen LogP contribution in [0, 0.1) is 10.1 Å². The highest BCUT2D eigenvalue weighted by atomic mass is 35.5. The van der Waals surface area contributed by atoms with E-state index in [-0.39, 0.29) is 17.0 Å². The van der Waals surface area contributed by atoms with E-state index in [4.69, 9.17) is 16.7 Å². The number of carboxylic acid groups (broad SMARTS) is 1. The molecule has 19 heavy (non-hydrogen) atoms. The minimum absolute atomic E-state index is 0.0795. The summed E-state index contributed by atoms with van der Waals surface area (Å²) in [4.78, 5) is 20.4.